The van der Waals surface area contributed by atoms with Crippen LogP contribution in [0.1, 0.15) is 63.4 Å². The van der Waals surface area contributed by atoms with Gasteiger partial charge in [-0.3, -0.25) is 4.79 Å². The summed E-state index contributed by atoms with van der Waals surface area (Å²) in [5.41, 5.74) is 1.14. The molecule has 0 aliphatic heterocycles. The molecule has 174 valence electrons. The highest BCUT2D eigenvalue weighted by Gasteiger charge is 2.42. The lowest BCUT2D eigenvalue weighted by atomic mass is 9.86. The molecule has 0 atom stereocenters. The molecule has 31 heavy (non-hydrogen) atoms. The number of aryl methyl sites for hydroxylation is 1. The van der Waals surface area contributed by atoms with Crippen molar-refractivity contribution in [2.24, 2.45) is 5.92 Å². The average molecular weight is 444 g/mol. The van der Waals surface area contributed by atoms with E-state index in [1.165, 1.54) is 38.5 Å². The normalized spacial score (nSPS) is 14.9. The summed E-state index contributed by atoms with van der Waals surface area (Å²) in [5, 5.41) is 2.96. The molecule has 1 aliphatic rings. The zero-order valence-electron chi connectivity index (χ0n) is 17.8. The highest BCUT2D eigenvalue weighted by molar-refractivity contribution is 5.88. The van der Waals surface area contributed by atoms with Crippen molar-refractivity contribution in [3.05, 3.63) is 29.8 Å². The molecule has 1 saturated carbocycles. The molecule has 2 rings (SSSR count). The summed E-state index contributed by atoms with van der Waals surface area (Å²) in [6, 6.07) is 7.97. The third-order valence-corrected chi connectivity index (χ3v) is 5.41. The number of hydrogen-bond acceptors (Lipinski definition) is 5. The summed E-state index contributed by atoms with van der Waals surface area (Å²) in [6.45, 7) is 1.47. The van der Waals surface area contributed by atoms with Crippen LogP contribution in [0, 0.1) is 5.92 Å². The van der Waals surface area contributed by atoms with Crippen LogP contribution in [0.4, 0.5) is 13.2 Å². The van der Waals surface area contributed by atoms with E-state index in [4.69, 9.17) is 4.74 Å². The Labute approximate surface area is 181 Å². The minimum Gasteiger partial charge on any atom is -0.494 e. The number of hydrogen-bond donors (Lipinski definition) is 1. The average Bonchev–Trinajstić information content (AvgIpc) is 2.74. The number of nitrogens with one attached hydrogen (secondary N) is 1. The molecule has 1 aromatic rings. The summed E-state index contributed by atoms with van der Waals surface area (Å²) in [7, 11) is 0. The Hall–Kier alpha value is -2.09. The van der Waals surface area contributed by atoms with Gasteiger partial charge in [0.25, 0.3) is 0 Å². The van der Waals surface area contributed by atoms with Gasteiger partial charge in [-0.25, -0.2) is 4.79 Å². The molecule has 1 aliphatic carbocycles. The van der Waals surface area contributed by atoms with Gasteiger partial charge >= 0.3 is 18.1 Å². The summed E-state index contributed by atoms with van der Waals surface area (Å²) in [5.74, 6) is -1.94. The molecular formula is C23H32F3NO4. The summed E-state index contributed by atoms with van der Waals surface area (Å²) >= 11 is 0. The van der Waals surface area contributed by atoms with Crippen molar-refractivity contribution in [2.45, 2.75) is 70.4 Å². The zero-order chi connectivity index (χ0) is 22.5. The van der Waals surface area contributed by atoms with Gasteiger partial charge in [0.05, 0.1) is 13.0 Å². The number of halogens is 3. The second kappa shape index (κ2) is 13.3. The molecule has 0 saturated heterocycles. The largest absolute Gasteiger partial charge is 0.494 e. The van der Waals surface area contributed by atoms with Crippen LogP contribution in [-0.4, -0.2) is 37.8 Å². The molecular weight excluding hydrogens is 411 g/mol. The van der Waals surface area contributed by atoms with Crippen molar-refractivity contribution in [3.8, 4) is 5.75 Å². The number of benzene rings is 1. The Morgan fingerprint density at radius 3 is 2.58 bits per heavy atom. The van der Waals surface area contributed by atoms with Gasteiger partial charge in [0.1, 0.15) is 5.75 Å². The van der Waals surface area contributed by atoms with Gasteiger partial charge in [0.2, 0.25) is 0 Å². The molecule has 8 heteroatoms. The minimum absolute atomic E-state index is 0.147. The lowest BCUT2D eigenvalue weighted by Crippen LogP contribution is -2.29. The van der Waals surface area contributed by atoms with E-state index >= 15 is 0 Å². The molecule has 0 aromatic heterocycles. The molecule has 0 heterocycles. The van der Waals surface area contributed by atoms with Gasteiger partial charge in [-0.15, -0.1) is 0 Å². The van der Waals surface area contributed by atoms with Crippen molar-refractivity contribution < 1.29 is 32.2 Å². The highest BCUT2D eigenvalue weighted by Crippen LogP contribution is 2.27. The van der Waals surface area contributed by atoms with Gasteiger partial charge in [0.15, 0.2) is 0 Å². The molecule has 1 aromatic carbocycles. The second-order valence-electron chi connectivity index (χ2n) is 8.00. The van der Waals surface area contributed by atoms with Gasteiger partial charge in [-0.2, -0.15) is 13.2 Å². The first-order chi connectivity index (χ1) is 14.8. The number of alkyl halides is 3. The van der Waals surface area contributed by atoms with E-state index in [-0.39, 0.29) is 13.0 Å². The molecule has 5 nitrogen and oxygen atoms in total. The van der Waals surface area contributed by atoms with Crippen LogP contribution in [0.25, 0.3) is 0 Å². The molecule has 1 N–H and O–H groups in total. The molecule has 0 spiro atoms. The first-order valence-electron chi connectivity index (χ1n) is 11.1. The number of carbonyl (C=O) groups is 2. The second-order valence-corrected chi connectivity index (χ2v) is 8.00. The van der Waals surface area contributed by atoms with Gasteiger partial charge in [0, 0.05) is 6.54 Å². The van der Waals surface area contributed by atoms with E-state index in [0.717, 1.165) is 43.1 Å². The van der Waals surface area contributed by atoms with E-state index in [1.807, 2.05) is 24.3 Å². The van der Waals surface area contributed by atoms with Crippen molar-refractivity contribution in [3.63, 3.8) is 0 Å². The van der Waals surface area contributed by atoms with E-state index in [1.54, 1.807) is 0 Å². The Kier molecular flexibility index (Phi) is 10.8. The van der Waals surface area contributed by atoms with Gasteiger partial charge < -0.3 is 14.8 Å². The number of ether oxygens (including phenoxy) is 2. The summed E-state index contributed by atoms with van der Waals surface area (Å²) < 4.78 is 45.6. The van der Waals surface area contributed by atoms with E-state index in [2.05, 4.69) is 10.1 Å². The van der Waals surface area contributed by atoms with Crippen molar-refractivity contribution in [2.75, 3.05) is 19.7 Å². The summed E-state index contributed by atoms with van der Waals surface area (Å²) in [4.78, 5) is 21.7. The van der Waals surface area contributed by atoms with Crippen molar-refractivity contribution in [1.29, 1.82) is 0 Å². The maximum absolute atomic E-state index is 12.0. The predicted octanol–water partition coefficient (Wildman–Crippen LogP) is 4.97. The van der Waals surface area contributed by atoms with E-state index in [9.17, 15) is 22.8 Å². The molecule has 1 fully saturated rings. The van der Waals surface area contributed by atoms with Crippen LogP contribution in [-0.2, 0) is 20.7 Å². The molecule has 0 unspecified atom stereocenters. The smallest absolute Gasteiger partial charge is 0.491 e. The van der Waals surface area contributed by atoms with E-state index < -0.39 is 18.1 Å². The SMILES string of the molecule is O=C(CCNCCCc1cccc(OCCCC2CCCCC2)c1)OC(=O)C(F)(F)F. The summed E-state index contributed by atoms with van der Waals surface area (Å²) in [6.07, 6.45) is 5.29. The van der Waals surface area contributed by atoms with Crippen LogP contribution in [0.5, 0.6) is 5.75 Å². The van der Waals surface area contributed by atoms with E-state index in [0.29, 0.717) is 6.54 Å². The van der Waals surface area contributed by atoms with Crippen LogP contribution in [0.15, 0.2) is 24.3 Å². The molecule has 0 amide bonds. The monoisotopic (exact) mass is 443 g/mol. The number of carbonyl (C=O) groups excluding carboxylic acids is 2. The Balaban J connectivity index is 1.54. The number of esters is 2. The Morgan fingerprint density at radius 1 is 1.06 bits per heavy atom. The third-order valence-electron chi connectivity index (χ3n) is 5.41. The number of rotatable bonds is 12. The highest BCUT2D eigenvalue weighted by atomic mass is 19.4. The van der Waals surface area contributed by atoms with Crippen LogP contribution in [0.3, 0.4) is 0 Å². The van der Waals surface area contributed by atoms with Crippen molar-refractivity contribution in [1.82, 2.24) is 5.32 Å². The first-order valence-corrected chi connectivity index (χ1v) is 11.1. The molecule has 0 bridgehead atoms. The first kappa shape index (κ1) is 25.2. The fourth-order valence-electron chi connectivity index (χ4n) is 3.77. The maximum Gasteiger partial charge on any atom is 0.491 e. The van der Waals surface area contributed by atoms with Crippen molar-refractivity contribution >= 4 is 11.9 Å². The van der Waals surface area contributed by atoms with Crippen LogP contribution >= 0.6 is 0 Å². The fraction of sp³-hybridized carbons (Fsp3) is 0.652. The Morgan fingerprint density at radius 2 is 1.84 bits per heavy atom. The minimum atomic E-state index is -5.16. The van der Waals surface area contributed by atoms with Crippen LogP contribution in [0.2, 0.25) is 0 Å². The standard InChI is InChI=1S/C23H32F3NO4/c24-23(25,26)22(29)31-21(28)13-15-27-14-5-10-19-9-4-12-20(17-19)30-16-6-11-18-7-2-1-3-8-18/h4,9,12,17-18,27H,1-3,5-8,10-11,13-16H2. The molecule has 0 radical (unpaired) electrons. The maximum atomic E-state index is 12.0. The lowest BCUT2D eigenvalue weighted by molar-refractivity contribution is -0.201. The zero-order valence-corrected chi connectivity index (χ0v) is 17.8. The quantitative estimate of drug-likeness (QED) is 0.281. The van der Waals surface area contributed by atoms with Crippen LogP contribution < -0.4 is 10.1 Å². The fourth-order valence-corrected chi connectivity index (χ4v) is 3.77. The van der Waals surface area contributed by atoms with Gasteiger partial charge in [-0.05, 0) is 55.8 Å². The third kappa shape index (κ3) is 10.7. The topological polar surface area (TPSA) is 64.6 Å². The van der Waals surface area contributed by atoms with Gasteiger partial charge in [-0.1, -0.05) is 44.2 Å². The Bertz CT molecular complexity index is 688. The predicted molar refractivity (Wildman–Crippen MR) is 111 cm³/mol. The lowest BCUT2D eigenvalue weighted by Gasteiger charge is -2.21.